The molecule has 1 aromatic rings. The van der Waals surface area contributed by atoms with Crippen molar-refractivity contribution in [2.45, 2.75) is 18.9 Å². The number of aliphatic hydroxyl groups excluding tert-OH is 1. The van der Waals surface area contributed by atoms with Crippen LogP contribution < -0.4 is 10.6 Å². The van der Waals surface area contributed by atoms with Crippen molar-refractivity contribution < 1.29 is 19.0 Å². The van der Waals surface area contributed by atoms with Crippen molar-refractivity contribution in [3.05, 3.63) is 29.0 Å². The Kier molecular flexibility index (Phi) is 6.19. The number of carbonyl (C=O) groups excluding carboxylic acids is 1. The summed E-state index contributed by atoms with van der Waals surface area (Å²) in [7, 11) is 1.49. The van der Waals surface area contributed by atoms with Gasteiger partial charge in [0.05, 0.1) is 22.9 Å². The van der Waals surface area contributed by atoms with E-state index >= 15 is 0 Å². The van der Waals surface area contributed by atoms with Gasteiger partial charge in [-0.3, -0.25) is 0 Å². The van der Waals surface area contributed by atoms with Gasteiger partial charge in [-0.1, -0.05) is 17.7 Å². The summed E-state index contributed by atoms with van der Waals surface area (Å²) in [5, 5.41) is 14.0. The summed E-state index contributed by atoms with van der Waals surface area (Å²) in [5.41, 5.74) is -0.762. The minimum Gasteiger partial charge on any atom is -0.396 e. The molecule has 0 heterocycles. The topological polar surface area (TPSA) is 70.6 Å². The average Bonchev–Trinajstić information content (AvgIpc) is 2.35. The third-order valence-electron chi connectivity index (χ3n) is 2.74. The van der Waals surface area contributed by atoms with E-state index in [-0.39, 0.29) is 23.9 Å². The number of urea groups is 1. The quantitative estimate of drug-likeness (QED) is 0.756. The zero-order valence-corrected chi connectivity index (χ0v) is 12.1. The molecule has 0 aliphatic heterocycles. The summed E-state index contributed by atoms with van der Waals surface area (Å²) < 4.78 is 18.7. The molecule has 20 heavy (non-hydrogen) atoms. The lowest BCUT2D eigenvalue weighted by atomic mass is 10.00. The van der Waals surface area contributed by atoms with Crippen LogP contribution in [0, 0.1) is 5.82 Å². The largest absolute Gasteiger partial charge is 0.396 e. The van der Waals surface area contributed by atoms with Gasteiger partial charge in [-0.15, -0.1) is 0 Å². The Labute approximate surface area is 122 Å². The fourth-order valence-corrected chi connectivity index (χ4v) is 1.94. The number of hydrogen-bond donors (Lipinski definition) is 3. The second kappa shape index (κ2) is 7.42. The maximum atomic E-state index is 13.7. The highest BCUT2D eigenvalue weighted by molar-refractivity contribution is 6.31. The Balaban J connectivity index is 2.73. The smallest absolute Gasteiger partial charge is 0.319 e. The normalized spacial score (nSPS) is 13.7. The highest BCUT2D eigenvalue weighted by Gasteiger charge is 2.26. The van der Waals surface area contributed by atoms with Crippen molar-refractivity contribution in [1.29, 1.82) is 0 Å². The van der Waals surface area contributed by atoms with E-state index in [0.717, 1.165) is 0 Å². The van der Waals surface area contributed by atoms with Gasteiger partial charge in [0.15, 0.2) is 5.82 Å². The zero-order chi connectivity index (χ0) is 15.2. The Morgan fingerprint density at radius 1 is 1.55 bits per heavy atom. The zero-order valence-electron chi connectivity index (χ0n) is 11.4. The number of rotatable bonds is 6. The number of methoxy groups -OCH3 is 1. The van der Waals surface area contributed by atoms with Crippen molar-refractivity contribution in [3.63, 3.8) is 0 Å². The molecule has 1 unspecified atom stereocenters. The van der Waals surface area contributed by atoms with Crippen LogP contribution in [0.15, 0.2) is 18.2 Å². The number of benzene rings is 1. The molecule has 7 heteroatoms. The predicted octanol–water partition coefficient (Wildman–Crippen LogP) is 2.39. The lowest BCUT2D eigenvalue weighted by Crippen LogP contribution is -2.51. The molecule has 0 saturated carbocycles. The van der Waals surface area contributed by atoms with E-state index in [9.17, 15) is 9.18 Å². The van der Waals surface area contributed by atoms with E-state index in [1.807, 2.05) is 0 Å². The van der Waals surface area contributed by atoms with Crippen molar-refractivity contribution in [3.8, 4) is 0 Å². The SMILES string of the molecule is COCC(C)(CCO)NC(=O)Nc1cccc(Cl)c1F. The van der Waals surface area contributed by atoms with Gasteiger partial charge in [-0.2, -0.15) is 0 Å². The van der Waals surface area contributed by atoms with Gasteiger partial charge in [-0.05, 0) is 25.5 Å². The minimum absolute atomic E-state index is 0.0150. The Bertz CT molecular complexity index is 465. The summed E-state index contributed by atoms with van der Waals surface area (Å²) in [5.74, 6) is -0.695. The molecule has 1 rings (SSSR count). The average molecular weight is 305 g/mol. The third kappa shape index (κ3) is 4.63. The first-order chi connectivity index (χ1) is 9.41. The van der Waals surface area contributed by atoms with Crippen LogP contribution in [0.5, 0.6) is 0 Å². The number of ether oxygens (including phenoxy) is 1. The fraction of sp³-hybridized carbons (Fsp3) is 0.462. The molecule has 1 atom stereocenters. The van der Waals surface area contributed by atoms with Crippen LogP contribution in [0.1, 0.15) is 13.3 Å². The molecule has 1 aromatic carbocycles. The minimum atomic E-state index is -0.747. The first kappa shape index (κ1) is 16.7. The second-order valence-corrected chi connectivity index (χ2v) is 5.05. The third-order valence-corrected chi connectivity index (χ3v) is 3.03. The van der Waals surface area contributed by atoms with Gasteiger partial charge in [0.25, 0.3) is 0 Å². The van der Waals surface area contributed by atoms with Crippen LogP contribution in [0.3, 0.4) is 0 Å². The molecule has 0 aromatic heterocycles. The molecule has 2 amide bonds. The van der Waals surface area contributed by atoms with E-state index in [1.165, 1.54) is 25.3 Å². The summed E-state index contributed by atoms with van der Waals surface area (Å²) in [6.07, 6.45) is 0.312. The fourth-order valence-electron chi connectivity index (χ4n) is 1.76. The molecule has 0 saturated heterocycles. The van der Waals surface area contributed by atoms with Gasteiger partial charge in [0.2, 0.25) is 0 Å². The monoisotopic (exact) mass is 304 g/mol. The van der Waals surface area contributed by atoms with Gasteiger partial charge in [-0.25, -0.2) is 9.18 Å². The van der Waals surface area contributed by atoms with E-state index < -0.39 is 17.4 Å². The summed E-state index contributed by atoms with van der Waals surface area (Å²) in [6.45, 7) is 1.84. The number of nitrogens with one attached hydrogen (secondary N) is 2. The lowest BCUT2D eigenvalue weighted by molar-refractivity contribution is 0.104. The van der Waals surface area contributed by atoms with Crippen LogP contribution >= 0.6 is 11.6 Å². The van der Waals surface area contributed by atoms with Crippen molar-refractivity contribution >= 4 is 23.3 Å². The van der Waals surface area contributed by atoms with Gasteiger partial charge in [0.1, 0.15) is 0 Å². The lowest BCUT2D eigenvalue weighted by Gasteiger charge is -2.29. The molecule has 112 valence electrons. The Hall–Kier alpha value is -1.37. The van der Waals surface area contributed by atoms with Crippen molar-refractivity contribution in [2.75, 3.05) is 25.6 Å². The number of anilines is 1. The molecule has 0 radical (unpaired) electrons. The van der Waals surface area contributed by atoms with E-state index in [2.05, 4.69) is 10.6 Å². The van der Waals surface area contributed by atoms with Crippen LogP contribution in [-0.2, 0) is 4.74 Å². The Morgan fingerprint density at radius 3 is 2.85 bits per heavy atom. The van der Waals surface area contributed by atoms with Crippen LogP contribution in [0.4, 0.5) is 14.9 Å². The van der Waals surface area contributed by atoms with E-state index in [0.29, 0.717) is 6.42 Å². The molecule has 0 spiro atoms. The van der Waals surface area contributed by atoms with Gasteiger partial charge < -0.3 is 20.5 Å². The summed E-state index contributed by atoms with van der Waals surface area (Å²) in [6, 6.07) is 3.73. The van der Waals surface area contributed by atoms with Crippen molar-refractivity contribution in [1.82, 2.24) is 5.32 Å². The molecule has 0 aliphatic rings. The number of carbonyl (C=O) groups is 1. The predicted molar refractivity (Wildman–Crippen MR) is 75.5 cm³/mol. The van der Waals surface area contributed by atoms with Gasteiger partial charge in [0, 0.05) is 13.7 Å². The molecular formula is C13H18ClFN2O3. The van der Waals surface area contributed by atoms with Crippen LogP contribution in [0.25, 0.3) is 0 Å². The highest BCUT2D eigenvalue weighted by Crippen LogP contribution is 2.22. The molecule has 0 aliphatic carbocycles. The summed E-state index contributed by atoms with van der Waals surface area (Å²) >= 11 is 5.63. The maximum absolute atomic E-state index is 13.7. The van der Waals surface area contributed by atoms with Gasteiger partial charge >= 0.3 is 6.03 Å². The van der Waals surface area contributed by atoms with Crippen molar-refractivity contribution in [2.24, 2.45) is 0 Å². The molecular weight excluding hydrogens is 287 g/mol. The Morgan fingerprint density at radius 2 is 2.25 bits per heavy atom. The molecule has 0 bridgehead atoms. The number of aliphatic hydroxyl groups is 1. The van der Waals surface area contributed by atoms with Crippen LogP contribution in [-0.4, -0.2) is 37.0 Å². The standard InChI is InChI=1S/C13H18ClFN2O3/c1-13(6-7-18,8-20-2)17-12(19)16-10-5-3-4-9(14)11(10)15/h3-5,18H,6-8H2,1-2H3,(H2,16,17,19). The highest BCUT2D eigenvalue weighted by atomic mass is 35.5. The molecule has 0 fully saturated rings. The molecule has 5 nitrogen and oxygen atoms in total. The second-order valence-electron chi connectivity index (χ2n) is 4.65. The maximum Gasteiger partial charge on any atom is 0.319 e. The van der Waals surface area contributed by atoms with E-state index in [4.69, 9.17) is 21.4 Å². The van der Waals surface area contributed by atoms with E-state index in [1.54, 1.807) is 6.92 Å². The molecule has 3 N–H and O–H groups in total. The number of amides is 2. The first-order valence-electron chi connectivity index (χ1n) is 6.05. The number of hydrogen-bond acceptors (Lipinski definition) is 3. The summed E-state index contributed by atoms with van der Waals surface area (Å²) in [4.78, 5) is 11.9. The number of halogens is 2. The van der Waals surface area contributed by atoms with Crippen LogP contribution in [0.2, 0.25) is 5.02 Å². The first-order valence-corrected chi connectivity index (χ1v) is 6.42.